The minimum absolute atomic E-state index is 0.371. The molecule has 4 fully saturated rings. The van der Waals surface area contributed by atoms with Crippen molar-refractivity contribution in [2.24, 2.45) is 5.92 Å². The molecule has 0 aromatic heterocycles. The van der Waals surface area contributed by atoms with Gasteiger partial charge in [0.05, 0.1) is 0 Å². The van der Waals surface area contributed by atoms with Crippen LogP contribution < -0.4 is 0 Å². The number of fused-ring (bicyclic) bond motifs is 4. The van der Waals surface area contributed by atoms with Crippen molar-refractivity contribution in [1.82, 2.24) is 14.7 Å². The monoisotopic (exact) mass is 341 g/mol. The second kappa shape index (κ2) is 7.88. The van der Waals surface area contributed by atoms with Crippen LogP contribution in [0.4, 0.5) is 0 Å². The van der Waals surface area contributed by atoms with Gasteiger partial charge in [0, 0.05) is 58.3 Å². The zero-order valence-electron chi connectivity index (χ0n) is 15.3. The molecule has 0 spiro atoms. The highest BCUT2D eigenvalue weighted by molar-refractivity contribution is 5.76. The van der Waals surface area contributed by atoms with E-state index in [2.05, 4.69) is 45.0 Å². The summed E-state index contributed by atoms with van der Waals surface area (Å²) in [5.74, 6) is 1.14. The van der Waals surface area contributed by atoms with Gasteiger partial charge in [0.15, 0.2) is 0 Å². The standard InChI is InChI=1S/C21H31N3O/c25-21(23-11-4-5-12-23)10-13-22-14-19-8-9-20(17-22)24(16-19)15-18-6-2-1-3-7-18/h1-3,6-7,19-20H,4-5,8-17H2/t19-,20+/m0/s1. The normalized spacial score (nSPS) is 27.6. The van der Waals surface area contributed by atoms with Crippen LogP contribution >= 0.6 is 0 Å². The Kier molecular flexibility index (Phi) is 5.37. The summed E-state index contributed by atoms with van der Waals surface area (Å²) in [7, 11) is 0. The van der Waals surface area contributed by atoms with Crippen LogP contribution in [0.2, 0.25) is 0 Å². The van der Waals surface area contributed by atoms with Crippen LogP contribution in [-0.2, 0) is 11.3 Å². The van der Waals surface area contributed by atoms with Crippen molar-refractivity contribution in [3.8, 4) is 0 Å². The maximum atomic E-state index is 12.3. The summed E-state index contributed by atoms with van der Waals surface area (Å²) in [5, 5.41) is 0. The van der Waals surface area contributed by atoms with Gasteiger partial charge >= 0.3 is 0 Å². The average molecular weight is 341 g/mol. The number of rotatable bonds is 5. The quantitative estimate of drug-likeness (QED) is 0.824. The van der Waals surface area contributed by atoms with Crippen LogP contribution in [0.5, 0.6) is 0 Å². The number of nitrogens with zero attached hydrogens (tertiary/aromatic N) is 3. The van der Waals surface area contributed by atoms with E-state index in [-0.39, 0.29) is 0 Å². The summed E-state index contributed by atoms with van der Waals surface area (Å²) >= 11 is 0. The van der Waals surface area contributed by atoms with Gasteiger partial charge in [-0.3, -0.25) is 9.69 Å². The first-order valence-electron chi connectivity index (χ1n) is 10.1. The summed E-state index contributed by atoms with van der Waals surface area (Å²) in [6.07, 6.45) is 5.75. The SMILES string of the molecule is O=C(CCN1C[C@@H]2CC[C@H](C1)N(Cc1ccccc1)C2)N1CCCC1. The molecule has 4 heterocycles. The molecule has 4 aliphatic heterocycles. The summed E-state index contributed by atoms with van der Waals surface area (Å²) in [5.41, 5.74) is 1.42. The molecular formula is C21H31N3O. The fraction of sp³-hybridized carbons (Fsp3) is 0.667. The maximum Gasteiger partial charge on any atom is 0.223 e. The number of likely N-dealkylation sites (tertiary alicyclic amines) is 1. The van der Waals surface area contributed by atoms with Crippen LogP contribution in [0.1, 0.15) is 37.7 Å². The number of carbonyl (C=O) groups excluding carboxylic acids is 1. The summed E-state index contributed by atoms with van der Waals surface area (Å²) in [6, 6.07) is 11.5. The molecule has 4 heteroatoms. The number of piperidine rings is 1. The molecule has 4 saturated heterocycles. The number of carbonyl (C=O) groups is 1. The lowest BCUT2D eigenvalue weighted by atomic mass is 9.94. The molecular weight excluding hydrogens is 310 g/mol. The van der Waals surface area contributed by atoms with E-state index in [1.165, 1.54) is 44.3 Å². The maximum absolute atomic E-state index is 12.3. The number of hydrogen-bond acceptors (Lipinski definition) is 3. The van der Waals surface area contributed by atoms with Crippen molar-refractivity contribution in [1.29, 1.82) is 0 Å². The lowest BCUT2D eigenvalue weighted by Crippen LogP contribution is -2.43. The molecule has 4 aliphatic rings. The van der Waals surface area contributed by atoms with Gasteiger partial charge in [-0.2, -0.15) is 0 Å². The molecule has 2 atom stereocenters. The molecule has 4 nitrogen and oxygen atoms in total. The van der Waals surface area contributed by atoms with Gasteiger partial charge in [-0.25, -0.2) is 0 Å². The van der Waals surface area contributed by atoms with Crippen LogP contribution in [0.15, 0.2) is 30.3 Å². The van der Waals surface area contributed by atoms with E-state index >= 15 is 0 Å². The van der Waals surface area contributed by atoms with Crippen LogP contribution in [0.3, 0.4) is 0 Å². The first kappa shape index (κ1) is 17.0. The summed E-state index contributed by atoms with van der Waals surface area (Å²) < 4.78 is 0. The third-order valence-electron chi connectivity index (χ3n) is 6.23. The van der Waals surface area contributed by atoms with E-state index in [1.54, 1.807) is 0 Å². The first-order chi connectivity index (χ1) is 12.3. The molecule has 0 unspecified atom stereocenters. The number of hydrogen-bond donors (Lipinski definition) is 0. The molecule has 2 bridgehead atoms. The molecule has 25 heavy (non-hydrogen) atoms. The van der Waals surface area contributed by atoms with E-state index in [1.807, 2.05) is 0 Å². The van der Waals surface area contributed by atoms with E-state index in [9.17, 15) is 4.79 Å². The van der Waals surface area contributed by atoms with Crippen molar-refractivity contribution in [2.45, 2.75) is 44.7 Å². The highest BCUT2D eigenvalue weighted by Gasteiger charge is 2.34. The molecule has 0 aliphatic carbocycles. The Morgan fingerprint density at radius 1 is 1.00 bits per heavy atom. The molecule has 0 saturated carbocycles. The highest BCUT2D eigenvalue weighted by Crippen LogP contribution is 2.29. The van der Waals surface area contributed by atoms with Crippen molar-refractivity contribution in [2.75, 3.05) is 39.3 Å². The van der Waals surface area contributed by atoms with Gasteiger partial charge in [0.25, 0.3) is 0 Å². The van der Waals surface area contributed by atoms with Gasteiger partial charge < -0.3 is 9.80 Å². The zero-order chi connectivity index (χ0) is 17.1. The van der Waals surface area contributed by atoms with Crippen LogP contribution in [0.25, 0.3) is 0 Å². The fourth-order valence-corrected chi connectivity index (χ4v) is 4.85. The second-order valence-corrected chi connectivity index (χ2v) is 8.11. The predicted molar refractivity (Wildman–Crippen MR) is 100 cm³/mol. The van der Waals surface area contributed by atoms with E-state index in [0.717, 1.165) is 38.6 Å². The number of amides is 1. The van der Waals surface area contributed by atoms with Gasteiger partial charge in [0.2, 0.25) is 5.91 Å². The van der Waals surface area contributed by atoms with Crippen LogP contribution in [0, 0.1) is 5.92 Å². The molecule has 0 radical (unpaired) electrons. The lowest BCUT2D eigenvalue weighted by Gasteiger charge is -2.36. The summed E-state index contributed by atoms with van der Waals surface area (Å²) in [4.78, 5) is 19.7. The Morgan fingerprint density at radius 2 is 1.80 bits per heavy atom. The fourth-order valence-electron chi connectivity index (χ4n) is 4.85. The van der Waals surface area contributed by atoms with Gasteiger partial charge in [0.1, 0.15) is 0 Å². The zero-order valence-corrected chi connectivity index (χ0v) is 15.3. The van der Waals surface area contributed by atoms with Gasteiger partial charge in [-0.1, -0.05) is 30.3 Å². The van der Waals surface area contributed by atoms with Crippen LogP contribution in [-0.4, -0.2) is 65.9 Å². The minimum Gasteiger partial charge on any atom is -0.343 e. The molecule has 1 aromatic carbocycles. The Bertz CT molecular complexity index is 570. The third-order valence-corrected chi connectivity index (χ3v) is 6.23. The Hall–Kier alpha value is -1.39. The topological polar surface area (TPSA) is 26.8 Å². The Balaban J connectivity index is 1.32. The highest BCUT2D eigenvalue weighted by atomic mass is 16.2. The lowest BCUT2D eigenvalue weighted by molar-refractivity contribution is -0.130. The van der Waals surface area contributed by atoms with E-state index in [4.69, 9.17) is 0 Å². The Morgan fingerprint density at radius 3 is 2.60 bits per heavy atom. The Labute approximate surface area is 151 Å². The minimum atomic E-state index is 0.371. The first-order valence-corrected chi connectivity index (χ1v) is 10.1. The van der Waals surface area contributed by atoms with Gasteiger partial charge in [-0.15, -0.1) is 0 Å². The summed E-state index contributed by atoms with van der Waals surface area (Å²) in [6.45, 7) is 7.51. The third kappa shape index (κ3) is 4.24. The molecule has 136 valence electrons. The van der Waals surface area contributed by atoms with Crippen molar-refractivity contribution in [3.63, 3.8) is 0 Å². The average Bonchev–Trinajstić information content (AvgIpc) is 3.04. The number of benzene rings is 1. The largest absolute Gasteiger partial charge is 0.343 e. The molecule has 5 rings (SSSR count). The van der Waals surface area contributed by atoms with E-state index < -0.39 is 0 Å². The van der Waals surface area contributed by atoms with Crippen molar-refractivity contribution in [3.05, 3.63) is 35.9 Å². The molecule has 1 amide bonds. The van der Waals surface area contributed by atoms with E-state index in [0.29, 0.717) is 18.4 Å². The second-order valence-electron chi connectivity index (χ2n) is 8.11. The van der Waals surface area contributed by atoms with Crippen molar-refractivity contribution < 1.29 is 4.79 Å². The van der Waals surface area contributed by atoms with Crippen molar-refractivity contribution >= 4 is 5.91 Å². The molecule has 0 N–H and O–H groups in total. The smallest absolute Gasteiger partial charge is 0.223 e. The predicted octanol–water partition coefficient (Wildman–Crippen LogP) is 2.60. The van der Waals surface area contributed by atoms with Gasteiger partial charge in [-0.05, 0) is 37.2 Å². The molecule has 1 aromatic rings.